The predicted molar refractivity (Wildman–Crippen MR) is 73.7 cm³/mol. The minimum absolute atomic E-state index is 0.644. The van der Waals surface area contributed by atoms with Crippen molar-refractivity contribution >= 4 is 22.9 Å². The number of hydrogen-bond donors (Lipinski definition) is 1. The zero-order chi connectivity index (χ0) is 12.1. The van der Waals surface area contributed by atoms with Crippen molar-refractivity contribution in [3.05, 3.63) is 15.5 Å². The third kappa shape index (κ3) is 4.21. The van der Waals surface area contributed by atoms with Crippen LogP contribution in [0.4, 0.5) is 0 Å². The van der Waals surface area contributed by atoms with E-state index < -0.39 is 0 Å². The molecule has 2 heterocycles. The van der Waals surface area contributed by atoms with Crippen LogP contribution in [0.1, 0.15) is 31.2 Å². The zero-order valence-corrected chi connectivity index (χ0v) is 11.9. The second-order valence-corrected chi connectivity index (χ2v) is 6.30. The van der Waals surface area contributed by atoms with E-state index in [1.165, 1.54) is 38.9 Å². The van der Waals surface area contributed by atoms with E-state index in [4.69, 9.17) is 11.6 Å². The Morgan fingerprint density at radius 1 is 1.53 bits per heavy atom. The summed E-state index contributed by atoms with van der Waals surface area (Å²) in [5, 5.41) is 4.67. The van der Waals surface area contributed by atoms with Gasteiger partial charge in [-0.15, -0.1) is 11.3 Å². The highest BCUT2D eigenvalue weighted by atomic mass is 35.5. The summed E-state index contributed by atoms with van der Waals surface area (Å²) in [6.45, 7) is 6.80. The number of aromatic nitrogens is 1. The molecular formula is C12H20ClN3S. The van der Waals surface area contributed by atoms with Crippen molar-refractivity contribution < 1.29 is 0 Å². The molecule has 1 aromatic rings. The average molecular weight is 274 g/mol. The average Bonchev–Trinajstić information content (AvgIpc) is 2.75. The van der Waals surface area contributed by atoms with Crippen LogP contribution in [0.15, 0.2) is 6.20 Å². The summed E-state index contributed by atoms with van der Waals surface area (Å²) in [4.78, 5) is 6.81. The Labute approximate surface area is 112 Å². The molecule has 96 valence electrons. The van der Waals surface area contributed by atoms with E-state index >= 15 is 0 Å². The lowest BCUT2D eigenvalue weighted by atomic mass is 10.1. The highest BCUT2D eigenvalue weighted by Crippen LogP contribution is 2.18. The molecule has 0 radical (unpaired) electrons. The lowest BCUT2D eigenvalue weighted by Crippen LogP contribution is -2.42. The molecule has 0 bridgehead atoms. The van der Waals surface area contributed by atoms with Crippen molar-refractivity contribution in [3.63, 3.8) is 0 Å². The van der Waals surface area contributed by atoms with Gasteiger partial charge in [-0.1, -0.05) is 18.5 Å². The van der Waals surface area contributed by atoms with E-state index in [0.29, 0.717) is 6.04 Å². The molecule has 1 fully saturated rings. The molecule has 0 unspecified atom stereocenters. The van der Waals surface area contributed by atoms with Crippen LogP contribution in [0.3, 0.4) is 0 Å². The third-order valence-electron chi connectivity index (χ3n) is 3.19. The first-order valence-corrected chi connectivity index (χ1v) is 7.53. The van der Waals surface area contributed by atoms with Crippen LogP contribution in [0, 0.1) is 0 Å². The second-order valence-electron chi connectivity index (χ2n) is 4.55. The van der Waals surface area contributed by atoms with Crippen LogP contribution in [0.5, 0.6) is 0 Å². The smallest absolute Gasteiger partial charge is 0.113 e. The van der Waals surface area contributed by atoms with Gasteiger partial charge in [-0.2, -0.15) is 0 Å². The molecule has 0 amide bonds. The van der Waals surface area contributed by atoms with Crippen LogP contribution in [-0.4, -0.2) is 35.6 Å². The number of halogens is 1. The Balaban J connectivity index is 1.68. The lowest BCUT2D eigenvalue weighted by Gasteiger charge is -2.32. The second kappa shape index (κ2) is 6.69. The van der Waals surface area contributed by atoms with Gasteiger partial charge in [0, 0.05) is 12.6 Å². The van der Waals surface area contributed by atoms with Crippen LogP contribution < -0.4 is 5.32 Å². The fourth-order valence-corrected chi connectivity index (χ4v) is 3.19. The first kappa shape index (κ1) is 13.3. The fourth-order valence-electron chi connectivity index (χ4n) is 2.28. The lowest BCUT2D eigenvalue weighted by molar-refractivity contribution is 0.197. The quantitative estimate of drug-likeness (QED) is 0.894. The van der Waals surface area contributed by atoms with Gasteiger partial charge < -0.3 is 10.2 Å². The highest BCUT2D eigenvalue weighted by Gasteiger charge is 2.18. The summed E-state index contributed by atoms with van der Waals surface area (Å²) in [5.41, 5.74) is 0. The SMILES string of the molecule is CCCN1CCC(NCc2ncc(Cl)s2)CC1. The molecule has 1 saturated heterocycles. The van der Waals surface area contributed by atoms with Crippen LogP contribution in [-0.2, 0) is 6.54 Å². The maximum Gasteiger partial charge on any atom is 0.113 e. The maximum atomic E-state index is 5.86. The van der Waals surface area contributed by atoms with Gasteiger partial charge in [0.05, 0.1) is 6.20 Å². The molecule has 0 aromatic carbocycles. The Morgan fingerprint density at radius 2 is 2.29 bits per heavy atom. The van der Waals surface area contributed by atoms with Gasteiger partial charge in [0.15, 0.2) is 0 Å². The van der Waals surface area contributed by atoms with E-state index in [-0.39, 0.29) is 0 Å². The maximum absolute atomic E-state index is 5.86. The normalized spacial score (nSPS) is 18.7. The molecule has 0 saturated carbocycles. The molecule has 1 aromatic heterocycles. The number of piperidine rings is 1. The number of rotatable bonds is 5. The summed E-state index contributed by atoms with van der Waals surface area (Å²) < 4.78 is 0.777. The van der Waals surface area contributed by atoms with Gasteiger partial charge in [-0.3, -0.25) is 0 Å². The predicted octanol–water partition coefficient (Wildman–Crippen LogP) is 2.76. The molecule has 0 atom stereocenters. The molecule has 17 heavy (non-hydrogen) atoms. The summed E-state index contributed by atoms with van der Waals surface area (Å²) in [5.74, 6) is 0. The van der Waals surface area contributed by atoms with Crippen LogP contribution in [0.2, 0.25) is 4.34 Å². The monoisotopic (exact) mass is 273 g/mol. The van der Waals surface area contributed by atoms with Crippen LogP contribution >= 0.6 is 22.9 Å². The Kier molecular flexibility index (Phi) is 5.22. The molecule has 3 nitrogen and oxygen atoms in total. The number of hydrogen-bond acceptors (Lipinski definition) is 4. The fraction of sp³-hybridized carbons (Fsp3) is 0.750. The van der Waals surface area contributed by atoms with Crippen molar-refractivity contribution in [2.24, 2.45) is 0 Å². The largest absolute Gasteiger partial charge is 0.308 e. The summed E-state index contributed by atoms with van der Waals surface area (Å²) in [6.07, 6.45) is 5.49. The Hall–Kier alpha value is -0.160. The van der Waals surface area contributed by atoms with Gasteiger partial charge in [0.1, 0.15) is 9.34 Å². The zero-order valence-electron chi connectivity index (χ0n) is 10.3. The van der Waals surface area contributed by atoms with Crippen molar-refractivity contribution in [2.75, 3.05) is 19.6 Å². The van der Waals surface area contributed by atoms with E-state index in [9.17, 15) is 0 Å². The molecule has 0 aliphatic carbocycles. The van der Waals surface area contributed by atoms with Crippen molar-refractivity contribution in [2.45, 2.75) is 38.8 Å². The number of thiazole rings is 1. The van der Waals surface area contributed by atoms with Gasteiger partial charge in [-0.25, -0.2) is 4.98 Å². The van der Waals surface area contributed by atoms with E-state index in [1.54, 1.807) is 17.5 Å². The van der Waals surface area contributed by atoms with Gasteiger partial charge in [0.25, 0.3) is 0 Å². The molecule has 0 spiro atoms. The standard InChI is InChI=1S/C12H20ClN3S/c1-2-5-16-6-3-10(4-7-16)14-9-12-15-8-11(13)17-12/h8,10,14H,2-7,9H2,1H3. The van der Waals surface area contributed by atoms with E-state index in [2.05, 4.69) is 22.1 Å². The summed E-state index contributed by atoms with van der Waals surface area (Å²) in [7, 11) is 0. The summed E-state index contributed by atoms with van der Waals surface area (Å²) >= 11 is 7.42. The topological polar surface area (TPSA) is 28.2 Å². The number of nitrogens with zero attached hydrogens (tertiary/aromatic N) is 2. The first-order chi connectivity index (χ1) is 8.28. The molecule has 2 rings (SSSR count). The molecular weight excluding hydrogens is 254 g/mol. The minimum Gasteiger partial charge on any atom is -0.308 e. The molecule has 1 aliphatic heterocycles. The Bertz CT molecular complexity index is 334. The van der Waals surface area contributed by atoms with Gasteiger partial charge in [0.2, 0.25) is 0 Å². The van der Waals surface area contributed by atoms with Gasteiger partial charge in [-0.05, 0) is 38.9 Å². The Morgan fingerprint density at radius 3 is 2.88 bits per heavy atom. The minimum atomic E-state index is 0.644. The third-order valence-corrected chi connectivity index (χ3v) is 4.31. The number of nitrogens with one attached hydrogen (secondary N) is 1. The summed E-state index contributed by atoms with van der Waals surface area (Å²) in [6, 6.07) is 0.644. The molecule has 1 N–H and O–H groups in total. The van der Waals surface area contributed by atoms with Gasteiger partial charge >= 0.3 is 0 Å². The molecule has 5 heteroatoms. The van der Waals surface area contributed by atoms with Crippen LogP contribution in [0.25, 0.3) is 0 Å². The molecule has 1 aliphatic rings. The first-order valence-electron chi connectivity index (χ1n) is 6.34. The van der Waals surface area contributed by atoms with E-state index in [1.807, 2.05) is 0 Å². The van der Waals surface area contributed by atoms with Crippen molar-refractivity contribution in [1.82, 2.24) is 15.2 Å². The van der Waals surface area contributed by atoms with E-state index in [0.717, 1.165) is 15.9 Å². The highest BCUT2D eigenvalue weighted by molar-refractivity contribution is 7.15. The van der Waals surface area contributed by atoms with Crippen molar-refractivity contribution in [3.8, 4) is 0 Å². The van der Waals surface area contributed by atoms with Crippen molar-refractivity contribution in [1.29, 1.82) is 0 Å². The number of likely N-dealkylation sites (tertiary alicyclic amines) is 1.